The number of nitrogens with one attached hydrogen (secondary N) is 1. The van der Waals surface area contributed by atoms with E-state index in [1.165, 1.54) is 12.1 Å². The molecule has 1 saturated carbocycles. The first-order chi connectivity index (χ1) is 16.5. The molecule has 0 bridgehead atoms. The molecule has 0 atom stereocenters. The first-order valence-corrected chi connectivity index (χ1v) is 11.7. The van der Waals surface area contributed by atoms with E-state index in [2.05, 4.69) is 26.1 Å². The molecule has 7 nitrogen and oxygen atoms in total. The first kappa shape index (κ1) is 20.9. The van der Waals surface area contributed by atoms with Gasteiger partial charge in [-0.1, -0.05) is 6.07 Å². The molecule has 1 aliphatic heterocycles. The number of hydrogen-bond acceptors (Lipinski definition) is 8. The number of halogens is 2. The summed E-state index contributed by atoms with van der Waals surface area (Å²) in [4.78, 5) is 20.6. The highest BCUT2D eigenvalue weighted by Gasteiger charge is 2.27. The summed E-state index contributed by atoms with van der Waals surface area (Å²) < 4.78 is 30.8. The standard InChI is InChI=1S/C24H20F2N6OS/c1-13-28-18-9-2-14(10-21(18)34-13)20-12-32(16-5-7-17(8-6-16)33-23(25)26)22-19(30-20)11-27-24(31-22)29-15-3-4-15/h2,5-11,15,23H,3-4,12H2,1H3,(H,27,29,31). The number of aromatic nitrogens is 3. The summed E-state index contributed by atoms with van der Waals surface area (Å²) in [5, 5.41) is 4.34. The third-order valence-corrected chi connectivity index (χ3v) is 6.62. The summed E-state index contributed by atoms with van der Waals surface area (Å²) in [5.41, 5.74) is 4.26. The summed E-state index contributed by atoms with van der Waals surface area (Å²) >= 11 is 1.65. The van der Waals surface area contributed by atoms with Crippen LogP contribution in [0.25, 0.3) is 10.2 Å². The van der Waals surface area contributed by atoms with Gasteiger partial charge < -0.3 is 15.0 Å². The Bertz CT molecular complexity index is 1400. The van der Waals surface area contributed by atoms with Gasteiger partial charge in [0.15, 0.2) is 5.82 Å². The summed E-state index contributed by atoms with van der Waals surface area (Å²) in [6, 6.07) is 13.1. The van der Waals surface area contributed by atoms with Crippen molar-refractivity contribution in [2.45, 2.75) is 32.4 Å². The topological polar surface area (TPSA) is 75.5 Å². The maximum atomic E-state index is 12.6. The number of alkyl halides is 2. The summed E-state index contributed by atoms with van der Waals surface area (Å²) in [6.45, 7) is -0.410. The maximum absolute atomic E-state index is 12.6. The van der Waals surface area contributed by atoms with Crippen LogP contribution in [0.2, 0.25) is 0 Å². The number of aliphatic imine (C=N–C) groups is 1. The van der Waals surface area contributed by atoms with Crippen LogP contribution >= 0.6 is 11.3 Å². The molecule has 1 N–H and O–H groups in total. The smallest absolute Gasteiger partial charge is 0.387 e. The van der Waals surface area contributed by atoms with Crippen LogP contribution in [0.4, 0.5) is 31.9 Å². The highest BCUT2D eigenvalue weighted by atomic mass is 32.1. The van der Waals surface area contributed by atoms with Crippen molar-refractivity contribution in [3.8, 4) is 5.75 Å². The SMILES string of the molecule is Cc1nc2ccc(C3=Nc4cnc(NC5CC5)nc4N(c4ccc(OC(F)F)cc4)C3)cc2s1. The lowest BCUT2D eigenvalue weighted by atomic mass is 10.1. The first-order valence-electron chi connectivity index (χ1n) is 10.9. The number of hydrogen-bond donors (Lipinski definition) is 1. The number of thiazole rings is 1. The fourth-order valence-corrected chi connectivity index (χ4v) is 4.79. The average molecular weight is 479 g/mol. The van der Waals surface area contributed by atoms with Gasteiger partial charge in [0.05, 0.1) is 33.7 Å². The summed E-state index contributed by atoms with van der Waals surface area (Å²) in [5.74, 6) is 1.33. The Morgan fingerprint density at radius 1 is 1.12 bits per heavy atom. The minimum Gasteiger partial charge on any atom is -0.435 e. The second-order valence-corrected chi connectivity index (χ2v) is 9.49. The predicted molar refractivity (Wildman–Crippen MR) is 129 cm³/mol. The molecule has 2 aliphatic rings. The molecule has 3 heterocycles. The Morgan fingerprint density at radius 3 is 2.71 bits per heavy atom. The molecular weight excluding hydrogens is 458 g/mol. The number of benzene rings is 2. The van der Waals surface area contributed by atoms with Gasteiger partial charge in [-0.2, -0.15) is 13.8 Å². The third-order valence-electron chi connectivity index (χ3n) is 5.68. The number of rotatable bonds is 6. The second kappa shape index (κ2) is 8.28. The summed E-state index contributed by atoms with van der Waals surface area (Å²) in [7, 11) is 0. The van der Waals surface area contributed by atoms with Crippen LogP contribution in [-0.4, -0.2) is 39.9 Å². The zero-order chi connectivity index (χ0) is 23.2. The minimum atomic E-state index is -2.87. The molecule has 2 aromatic heterocycles. The van der Waals surface area contributed by atoms with Gasteiger partial charge in [0.1, 0.15) is 11.4 Å². The number of ether oxygens (including phenoxy) is 1. The summed E-state index contributed by atoms with van der Waals surface area (Å²) in [6.07, 6.45) is 3.94. The number of aryl methyl sites for hydroxylation is 1. The lowest BCUT2D eigenvalue weighted by molar-refractivity contribution is -0.0498. The van der Waals surface area contributed by atoms with E-state index in [-0.39, 0.29) is 5.75 Å². The van der Waals surface area contributed by atoms with Crippen molar-refractivity contribution in [3.63, 3.8) is 0 Å². The van der Waals surface area contributed by atoms with Crippen molar-refractivity contribution in [1.29, 1.82) is 0 Å². The van der Waals surface area contributed by atoms with Crippen LogP contribution in [0.5, 0.6) is 5.75 Å². The van der Waals surface area contributed by atoms with E-state index in [1.807, 2.05) is 24.0 Å². The van der Waals surface area contributed by atoms with Gasteiger partial charge in [-0.15, -0.1) is 11.3 Å². The van der Waals surface area contributed by atoms with E-state index in [1.54, 1.807) is 29.7 Å². The number of fused-ring (bicyclic) bond motifs is 2. The van der Waals surface area contributed by atoms with Gasteiger partial charge in [0.2, 0.25) is 5.95 Å². The van der Waals surface area contributed by atoms with E-state index >= 15 is 0 Å². The molecule has 2 aromatic carbocycles. The van der Waals surface area contributed by atoms with Crippen molar-refractivity contribution in [2.75, 3.05) is 16.8 Å². The number of nitrogens with zero attached hydrogens (tertiary/aromatic N) is 5. The van der Waals surface area contributed by atoms with Crippen molar-refractivity contribution in [2.24, 2.45) is 4.99 Å². The van der Waals surface area contributed by atoms with Crippen LogP contribution in [0.15, 0.2) is 53.7 Å². The van der Waals surface area contributed by atoms with Gasteiger partial charge in [-0.05, 0) is 61.7 Å². The van der Waals surface area contributed by atoms with Crippen molar-refractivity contribution >= 4 is 50.4 Å². The highest BCUT2D eigenvalue weighted by Crippen LogP contribution is 2.38. The molecule has 34 heavy (non-hydrogen) atoms. The molecule has 10 heteroatoms. The Hall–Kier alpha value is -3.66. The quantitative estimate of drug-likeness (QED) is 0.375. The van der Waals surface area contributed by atoms with Gasteiger partial charge in [-0.25, -0.2) is 15.0 Å². The van der Waals surface area contributed by atoms with Gasteiger partial charge in [0, 0.05) is 11.7 Å². The van der Waals surface area contributed by atoms with Crippen LogP contribution in [0.3, 0.4) is 0 Å². The molecule has 0 spiro atoms. The van der Waals surface area contributed by atoms with Crippen LogP contribution < -0.4 is 15.0 Å². The van der Waals surface area contributed by atoms with E-state index in [0.717, 1.165) is 45.0 Å². The molecule has 6 rings (SSSR count). The van der Waals surface area contributed by atoms with Gasteiger partial charge in [-0.3, -0.25) is 0 Å². The van der Waals surface area contributed by atoms with Crippen LogP contribution in [0, 0.1) is 6.92 Å². The van der Waals surface area contributed by atoms with E-state index < -0.39 is 6.61 Å². The largest absolute Gasteiger partial charge is 0.435 e. The van der Waals surface area contributed by atoms with Crippen molar-refractivity contribution < 1.29 is 13.5 Å². The van der Waals surface area contributed by atoms with Gasteiger partial charge in [0.25, 0.3) is 0 Å². The Labute approximate surface area is 198 Å². The third kappa shape index (κ3) is 4.16. The molecular formula is C24H20F2N6OS. The zero-order valence-corrected chi connectivity index (χ0v) is 19.0. The second-order valence-electron chi connectivity index (χ2n) is 8.25. The zero-order valence-electron chi connectivity index (χ0n) is 18.2. The molecule has 4 aromatic rings. The normalized spacial score (nSPS) is 15.4. The molecule has 0 radical (unpaired) electrons. The minimum absolute atomic E-state index is 0.106. The maximum Gasteiger partial charge on any atom is 0.387 e. The average Bonchev–Trinajstić information content (AvgIpc) is 3.55. The molecule has 172 valence electrons. The van der Waals surface area contributed by atoms with Crippen LogP contribution in [0.1, 0.15) is 23.4 Å². The van der Waals surface area contributed by atoms with E-state index in [0.29, 0.717) is 30.0 Å². The van der Waals surface area contributed by atoms with Gasteiger partial charge >= 0.3 is 6.61 Å². The van der Waals surface area contributed by atoms with E-state index in [9.17, 15) is 8.78 Å². The molecule has 0 amide bonds. The molecule has 0 unspecified atom stereocenters. The lowest BCUT2D eigenvalue weighted by Gasteiger charge is -2.29. The fourth-order valence-electron chi connectivity index (χ4n) is 3.93. The lowest BCUT2D eigenvalue weighted by Crippen LogP contribution is -2.30. The Morgan fingerprint density at radius 2 is 1.94 bits per heavy atom. The monoisotopic (exact) mass is 478 g/mol. The Balaban J connectivity index is 1.40. The number of anilines is 3. The molecule has 1 aliphatic carbocycles. The highest BCUT2D eigenvalue weighted by molar-refractivity contribution is 7.18. The van der Waals surface area contributed by atoms with Crippen LogP contribution in [-0.2, 0) is 0 Å². The van der Waals surface area contributed by atoms with E-state index in [4.69, 9.17) is 9.98 Å². The molecule has 1 fully saturated rings. The predicted octanol–water partition coefficient (Wildman–Crippen LogP) is 5.84. The Kier molecular flexibility index (Phi) is 5.09. The van der Waals surface area contributed by atoms with Crippen molar-refractivity contribution in [3.05, 3.63) is 59.2 Å². The fraction of sp³-hybridized carbons (Fsp3) is 0.250. The van der Waals surface area contributed by atoms with Crippen molar-refractivity contribution in [1.82, 2.24) is 15.0 Å². The molecule has 0 saturated heterocycles.